The quantitative estimate of drug-likeness (QED) is 0.494. The number of hydrogen-bond donors (Lipinski definition) is 0. The summed E-state index contributed by atoms with van der Waals surface area (Å²) in [6.07, 6.45) is 2.89. The van der Waals surface area contributed by atoms with Gasteiger partial charge in [-0.1, -0.05) is 0 Å². The third-order valence-corrected chi connectivity index (χ3v) is 7.00. The van der Waals surface area contributed by atoms with Crippen molar-refractivity contribution in [2.45, 2.75) is 17.9 Å². The molecule has 0 aliphatic carbocycles. The van der Waals surface area contributed by atoms with Gasteiger partial charge >= 0.3 is 5.69 Å². The minimum absolute atomic E-state index is 0.00404. The number of rotatable bonds is 2. The van der Waals surface area contributed by atoms with Crippen LogP contribution in [-0.2, 0) is 44.1 Å². The standard InChI is InChI=1S/C17H18N6O5S/c1-20-14-13(15(24)21(2)17(20)26)6-11(8-18-14)29(27,28)23-5-4-12-10(9-23)7-19-22(3)16(12)25/h6-8H,4-5,9H2,1-3H3. The molecule has 3 aromatic rings. The van der Waals surface area contributed by atoms with Crippen molar-refractivity contribution >= 4 is 21.1 Å². The molecular formula is C17H18N6O5S. The maximum atomic E-state index is 13.1. The van der Waals surface area contributed by atoms with Gasteiger partial charge in [0.2, 0.25) is 10.0 Å². The lowest BCUT2D eigenvalue weighted by Gasteiger charge is -2.27. The molecule has 29 heavy (non-hydrogen) atoms. The van der Waals surface area contributed by atoms with Crippen LogP contribution < -0.4 is 16.8 Å². The fourth-order valence-electron chi connectivity index (χ4n) is 3.47. The van der Waals surface area contributed by atoms with E-state index in [4.69, 9.17) is 0 Å². The molecule has 0 spiro atoms. The average molecular weight is 418 g/mol. The first-order chi connectivity index (χ1) is 13.6. The second-order valence-electron chi connectivity index (χ2n) is 6.91. The van der Waals surface area contributed by atoms with E-state index < -0.39 is 21.3 Å². The summed E-state index contributed by atoms with van der Waals surface area (Å²) in [5.41, 5.74) is -0.203. The van der Waals surface area contributed by atoms with E-state index in [2.05, 4.69) is 10.1 Å². The summed E-state index contributed by atoms with van der Waals surface area (Å²) in [6.45, 7) is 0.127. The highest BCUT2D eigenvalue weighted by atomic mass is 32.2. The summed E-state index contributed by atoms with van der Waals surface area (Å²) in [5, 5.41) is 3.99. The van der Waals surface area contributed by atoms with Crippen LogP contribution in [0.2, 0.25) is 0 Å². The van der Waals surface area contributed by atoms with Crippen LogP contribution in [0.5, 0.6) is 0 Å². The molecule has 4 rings (SSSR count). The Morgan fingerprint density at radius 3 is 2.45 bits per heavy atom. The average Bonchev–Trinajstić information content (AvgIpc) is 2.72. The summed E-state index contributed by atoms with van der Waals surface area (Å²) in [6, 6.07) is 1.23. The minimum atomic E-state index is -3.97. The molecule has 152 valence electrons. The highest BCUT2D eigenvalue weighted by Gasteiger charge is 2.30. The molecule has 0 saturated heterocycles. The van der Waals surface area contributed by atoms with Crippen LogP contribution in [0.1, 0.15) is 11.1 Å². The van der Waals surface area contributed by atoms with E-state index in [0.717, 1.165) is 10.8 Å². The number of nitrogens with zero attached hydrogens (tertiary/aromatic N) is 6. The first-order valence-corrected chi connectivity index (χ1v) is 10.2. The van der Waals surface area contributed by atoms with Gasteiger partial charge < -0.3 is 0 Å². The van der Waals surface area contributed by atoms with E-state index in [0.29, 0.717) is 11.1 Å². The van der Waals surface area contributed by atoms with Gasteiger partial charge in [0.15, 0.2) is 0 Å². The number of pyridine rings is 1. The Morgan fingerprint density at radius 1 is 1.00 bits per heavy atom. The lowest BCUT2D eigenvalue weighted by molar-refractivity contribution is 0.386. The third-order valence-electron chi connectivity index (χ3n) is 5.19. The topological polar surface area (TPSA) is 129 Å². The van der Waals surface area contributed by atoms with E-state index in [1.807, 2.05) is 0 Å². The lowest BCUT2D eigenvalue weighted by atomic mass is 10.1. The molecule has 0 radical (unpaired) electrons. The lowest BCUT2D eigenvalue weighted by Crippen LogP contribution is -2.40. The van der Waals surface area contributed by atoms with Gasteiger partial charge in [0, 0.05) is 46.0 Å². The molecule has 3 aromatic heterocycles. The van der Waals surface area contributed by atoms with Crippen LogP contribution in [0, 0.1) is 0 Å². The summed E-state index contributed by atoms with van der Waals surface area (Å²) in [4.78, 5) is 40.5. The van der Waals surface area contributed by atoms with Crippen LogP contribution in [0.15, 0.2) is 37.7 Å². The molecule has 4 heterocycles. The number of sulfonamides is 1. The van der Waals surface area contributed by atoms with Gasteiger partial charge in [-0.05, 0) is 18.1 Å². The SMILES string of the molecule is Cn1ncc2c(c1=O)CCN(S(=O)(=O)c1cnc3c(c1)c(=O)n(C)c(=O)n3C)C2. The van der Waals surface area contributed by atoms with Gasteiger partial charge in [0.1, 0.15) is 10.5 Å². The van der Waals surface area contributed by atoms with Crippen molar-refractivity contribution in [2.24, 2.45) is 21.1 Å². The summed E-state index contributed by atoms with van der Waals surface area (Å²) in [7, 11) is 0.347. The van der Waals surface area contributed by atoms with Gasteiger partial charge in [-0.15, -0.1) is 0 Å². The van der Waals surface area contributed by atoms with E-state index in [-0.39, 0.29) is 41.0 Å². The molecule has 11 nitrogen and oxygen atoms in total. The van der Waals surface area contributed by atoms with E-state index in [1.54, 1.807) is 7.05 Å². The van der Waals surface area contributed by atoms with Crippen molar-refractivity contribution < 1.29 is 8.42 Å². The van der Waals surface area contributed by atoms with Crippen molar-refractivity contribution in [3.05, 3.63) is 60.8 Å². The number of hydrogen-bond acceptors (Lipinski definition) is 7. The number of aryl methyl sites for hydroxylation is 2. The van der Waals surface area contributed by atoms with Crippen molar-refractivity contribution in [2.75, 3.05) is 6.54 Å². The van der Waals surface area contributed by atoms with Crippen LogP contribution in [0.4, 0.5) is 0 Å². The summed E-state index contributed by atoms with van der Waals surface area (Å²) < 4.78 is 30.8. The zero-order valence-electron chi connectivity index (χ0n) is 16.0. The van der Waals surface area contributed by atoms with Gasteiger partial charge in [-0.3, -0.25) is 18.7 Å². The molecule has 0 amide bonds. The van der Waals surface area contributed by atoms with Crippen LogP contribution in [-0.4, -0.2) is 43.2 Å². The first-order valence-electron chi connectivity index (χ1n) is 8.73. The predicted molar refractivity (Wildman–Crippen MR) is 103 cm³/mol. The third kappa shape index (κ3) is 2.83. The van der Waals surface area contributed by atoms with Crippen LogP contribution in [0.3, 0.4) is 0 Å². The Labute approximate surface area is 164 Å². The van der Waals surface area contributed by atoms with E-state index >= 15 is 0 Å². The fraction of sp³-hybridized carbons (Fsp3) is 0.353. The molecule has 1 aliphatic rings. The monoisotopic (exact) mass is 418 g/mol. The molecule has 0 fully saturated rings. The highest BCUT2D eigenvalue weighted by molar-refractivity contribution is 7.89. The molecule has 0 bridgehead atoms. The molecule has 0 unspecified atom stereocenters. The molecule has 1 aliphatic heterocycles. The van der Waals surface area contributed by atoms with Crippen molar-refractivity contribution in [3.63, 3.8) is 0 Å². The largest absolute Gasteiger partial charge is 0.332 e. The van der Waals surface area contributed by atoms with Gasteiger partial charge in [0.25, 0.3) is 11.1 Å². The van der Waals surface area contributed by atoms with Gasteiger partial charge in [0.05, 0.1) is 11.6 Å². The highest BCUT2D eigenvalue weighted by Crippen LogP contribution is 2.23. The van der Waals surface area contributed by atoms with Crippen molar-refractivity contribution in [3.8, 4) is 0 Å². The minimum Gasteiger partial charge on any atom is -0.280 e. The molecule has 12 heteroatoms. The second kappa shape index (κ2) is 6.46. The van der Waals surface area contributed by atoms with Crippen molar-refractivity contribution in [1.82, 2.24) is 28.2 Å². The Balaban J connectivity index is 1.81. The van der Waals surface area contributed by atoms with Crippen molar-refractivity contribution in [1.29, 1.82) is 0 Å². The number of aromatic nitrogens is 5. The maximum absolute atomic E-state index is 13.1. The van der Waals surface area contributed by atoms with Crippen LogP contribution >= 0.6 is 0 Å². The second-order valence-corrected chi connectivity index (χ2v) is 8.85. The summed E-state index contributed by atoms with van der Waals surface area (Å²) >= 11 is 0. The molecule has 0 N–H and O–H groups in total. The van der Waals surface area contributed by atoms with Gasteiger partial charge in [-0.25, -0.2) is 22.9 Å². The van der Waals surface area contributed by atoms with Gasteiger partial charge in [-0.2, -0.15) is 9.40 Å². The van der Waals surface area contributed by atoms with E-state index in [1.165, 1.54) is 39.9 Å². The Hall–Kier alpha value is -3.12. The zero-order valence-corrected chi connectivity index (χ0v) is 16.8. The Kier molecular flexibility index (Phi) is 4.28. The molecule has 0 atom stereocenters. The normalized spacial score (nSPS) is 14.9. The predicted octanol–water partition coefficient (Wildman–Crippen LogP) is -1.53. The number of fused-ring (bicyclic) bond motifs is 2. The van der Waals surface area contributed by atoms with Crippen LogP contribution in [0.25, 0.3) is 11.0 Å². The zero-order chi connectivity index (χ0) is 21.1. The van der Waals surface area contributed by atoms with E-state index in [9.17, 15) is 22.8 Å². The Bertz CT molecular complexity index is 1450. The fourth-order valence-corrected chi connectivity index (χ4v) is 4.86. The molecular weight excluding hydrogens is 400 g/mol. The first kappa shape index (κ1) is 19.2. The smallest absolute Gasteiger partial charge is 0.280 e. The maximum Gasteiger partial charge on any atom is 0.332 e. The molecule has 0 aromatic carbocycles. The Morgan fingerprint density at radius 2 is 1.72 bits per heavy atom. The summed E-state index contributed by atoms with van der Waals surface area (Å²) in [5.74, 6) is 0. The molecule has 0 saturated carbocycles.